The molecule has 0 aromatic carbocycles. The molecule has 1 aliphatic rings. The van der Waals surface area contributed by atoms with Gasteiger partial charge in [-0.1, -0.05) is 6.08 Å². The molecule has 0 saturated carbocycles. The molecule has 1 amide bonds. The first-order chi connectivity index (χ1) is 7.10. The molecule has 0 aromatic heterocycles. The third-order valence-electron chi connectivity index (χ3n) is 2.68. The minimum Gasteiger partial charge on any atom is -0.468 e. The number of hydrogen-bond acceptors (Lipinski definition) is 4. The maximum atomic E-state index is 11.4. The highest BCUT2D eigenvalue weighted by molar-refractivity contribution is 5.83. The van der Waals surface area contributed by atoms with E-state index in [0.717, 1.165) is 0 Å². The van der Waals surface area contributed by atoms with Crippen LogP contribution in [-0.4, -0.2) is 31.6 Å². The molecule has 1 aliphatic heterocycles. The van der Waals surface area contributed by atoms with Gasteiger partial charge in [-0.3, -0.25) is 9.59 Å². The Bertz CT molecular complexity index is 278. The van der Waals surface area contributed by atoms with Gasteiger partial charge in [-0.05, 0) is 6.42 Å². The Kier molecular flexibility index (Phi) is 3.85. The van der Waals surface area contributed by atoms with Crippen molar-refractivity contribution in [3.63, 3.8) is 0 Å². The van der Waals surface area contributed by atoms with Crippen LogP contribution < -0.4 is 11.1 Å². The van der Waals surface area contributed by atoms with E-state index in [9.17, 15) is 9.59 Å². The summed E-state index contributed by atoms with van der Waals surface area (Å²) < 4.78 is 4.50. The Balaban J connectivity index is 2.59. The maximum Gasteiger partial charge on any atom is 0.322 e. The van der Waals surface area contributed by atoms with Gasteiger partial charge in [0.2, 0.25) is 5.91 Å². The SMILES string of the molecule is C=C[C@H]1CNC(=O)[C@H]1C[C@H](N)C(=O)OC. The molecule has 0 bridgehead atoms. The van der Waals surface area contributed by atoms with Crippen LogP contribution in [0.4, 0.5) is 0 Å². The van der Waals surface area contributed by atoms with Crippen molar-refractivity contribution in [1.29, 1.82) is 0 Å². The van der Waals surface area contributed by atoms with E-state index in [0.29, 0.717) is 13.0 Å². The first-order valence-corrected chi connectivity index (χ1v) is 4.83. The second kappa shape index (κ2) is 4.93. The highest BCUT2D eigenvalue weighted by Gasteiger charge is 2.35. The van der Waals surface area contributed by atoms with Crippen molar-refractivity contribution < 1.29 is 14.3 Å². The molecule has 1 fully saturated rings. The second-order valence-electron chi connectivity index (χ2n) is 3.62. The van der Waals surface area contributed by atoms with Gasteiger partial charge < -0.3 is 15.8 Å². The van der Waals surface area contributed by atoms with Gasteiger partial charge in [-0.2, -0.15) is 0 Å². The third-order valence-corrected chi connectivity index (χ3v) is 2.68. The lowest BCUT2D eigenvalue weighted by Gasteiger charge is -2.16. The molecule has 1 heterocycles. The smallest absolute Gasteiger partial charge is 0.322 e. The van der Waals surface area contributed by atoms with Crippen molar-refractivity contribution in [1.82, 2.24) is 5.32 Å². The molecule has 5 nitrogen and oxygen atoms in total. The van der Waals surface area contributed by atoms with Crippen molar-refractivity contribution in [2.75, 3.05) is 13.7 Å². The lowest BCUT2D eigenvalue weighted by Crippen LogP contribution is -2.36. The number of amides is 1. The molecular formula is C10H16N2O3. The lowest BCUT2D eigenvalue weighted by molar-refractivity contribution is -0.142. The van der Waals surface area contributed by atoms with Crippen LogP contribution in [0.5, 0.6) is 0 Å². The minimum absolute atomic E-state index is 0.0493. The first kappa shape index (κ1) is 11.7. The molecule has 0 spiro atoms. The molecule has 0 aliphatic carbocycles. The monoisotopic (exact) mass is 212 g/mol. The van der Waals surface area contributed by atoms with E-state index >= 15 is 0 Å². The Hall–Kier alpha value is -1.36. The molecule has 5 heteroatoms. The highest BCUT2D eigenvalue weighted by atomic mass is 16.5. The van der Waals surface area contributed by atoms with Gasteiger partial charge in [0.25, 0.3) is 0 Å². The van der Waals surface area contributed by atoms with Crippen LogP contribution in [0.2, 0.25) is 0 Å². The van der Waals surface area contributed by atoms with Gasteiger partial charge in [0, 0.05) is 18.4 Å². The van der Waals surface area contributed by atoms with Crippen LogP contribution in [0.15, 0.2) is 12.7 Å². The number of rotatable bonds is 4. The lowest BCUT2D eigenvalue weighted by atomic mass is 9.89. The molecule has 1 saturated heterocycles. The van der Waals surface area contributed by atoms with Gasteiger partial charge >= 0.3 is 5.97 Å². The Labute approximate surface area is 88.7 Å². The fourth-order valence-corrected chi connectivity index (χ4v) is 1.74. The zero-order chi connectivity index (χ0) is 11.4. The fourth-order valence-electron chi connectivity index (χ4n) is 1.74. The molecule has 1 rings (SSSR count). The number of carbonyl (C=O) groups is 2. The minimum atomic E-state index is -0.744. The van der Waals surface area contributed by atoms with E-state index in [4.69, 9.17) is 5.73 Å². The van der Waals surface area contributed by atoms with Gasteiger partial charge in [0.15, 0.2) is 0 Å². The van der Waals surface area contributed by atoms with Crippen LogP contribution in [-0.2, 0) is 14.3 Å². The molecule has 3 N–H and O–H groups in total. The largest absolute Gasteiger partial charge is 0.468 e. The van der Waals surface area contributed by atoms with Crippen LogP contribution in [0.3, 0.4) is 0 Å². The zero-order valence-electron chi connectivity index (χ0n) is 8.73. The molecule has 0 radical (unpaired) electrons. The second-order valence-corrected chi connectivity index (χ2v) is 3.62. The third kappa shape index (κ3) is 2.56. The summed E-state index contributed by atoms with van der Waals surface area (Å²) in [7, 11) is 1.28. The van der Waals surface area contributed by atoms with Crippen LogP contribution in [0, 0.1) is 11.8 Å². The number of carbonyl (C=O) groups excluding carboxylic acids is 2. The van der Waals surface area contributed by atoms with E-state index in [-0.39, 0.29) is 17.7 Å². The Morgan fingerprint density at radius 1 is 1.87 bits per heavy atom. The van der Waals surface area contributed by atoms with Crippen molar-refractivity contribution in [3.8, 4) is 0 Å². The standard InChI is InChI=1S/C10H16N2O3/c1-3-6-5-12-9(13)7(6)4-8(11)10(14)15-2/h3,6-8H,1,4-5,11H2,2H3,(H,12,13)/t6-,7-,8-/m0/s1. The van der Waals surface area contributed by atoms with Crippen molar-refractivity contribution in [2.45, 2.75) is 12.5 Å². The number of methoxy groups -OCH3 is 1. The number of ether oxygens (including phenoxy) is 1. The van der Waals surface area contributed by atoms with Gasteiger partial charge in [0.05, 0.1) is 7.11 Å². The molecule has 3 atom stereocenters. The molecule has 84 valence electrons. The summed E-state index contributed by atoms with van der Waals surface area (Å²) in [5, 5.41) is 2.72. The fraction of sp³-hybridized carbons (Fsp3) is 0.600. The summed E-state index contributed by atoms with van der Waals surface area (Å²) in [6.45, 7) is 4.22. The summed E-state index contributed by atoms with van der Waals surface area (Å²) in [6, 6.07) is -0.744. The van der Waals surface area contributed by atoms with Gasteiger partial charge in [0.1, 0.15) is 6.04 Å². The summed E-state index contributed by atoms with van der Waals surface area (Å²) in [5.41, 5.74) is 5.60. The zero-order valence-corrected chi connectivity index (χ0v) is 8.73. The normalized spacial score (nSPS) is 26.9. The number of nitrogens with one attached hydrogen (secondary N) is 1. The molecular weight excluding hydrogens is 196 g/mol. The Morgan fingerprint density at radius 2 is 2.53 bits per heavy atom. The van der Waals surface area contributed by atoms with E-state index < -0.39 is 12.0 Å². The van der Waals surface area contributed by atoms with Crippen molar-refractivity contribution in [2.24, 2.45) is 17.6 Å². The molecule has 0 unspecified atom stereocenters. The predicted molar refractivity (Wildman–Crippen MR) is 54.8 cm³/mol. The maximum absolute atomic E-state index is 11.4. The van der Waals surface area contributed by atoms with E-state index in [1.54, 1.807) is 6.08 Å². The average Bonchev–Trinajstić information content (AvgIpc) is 2.59. The average molecular weight is 212 g/mol. The van der Waals surface area contributed by atoms with Crippen LogP contribution in [0.25, 0.3) is 0 Å². The summed E-state index contributed by atoms with van der Waals surface area (Å²) in [5.74, 6) is -0.776. The van der Waals surface area contributed by atoms with Crippen molar-refractivity contribution in [3.05, 3.63) is 12.7 Å². The first-order valence-electron chi connectivity index (χ1n) is 4.83. The molecule has 0 aromatic rings. The van der Waals surface area contributed by atoms with Crippen LogP contribution in [0.1, 0.15) is 6.42 Å². The van der Waals surface area contributed by atoms with Crippen LogP contribution >= 0.6 is 0 Å². The van der Waals surface area contributed by atoms with E-state index in [1.807, 2.05) is 0 Å². The summed E-state index contributed by atoms with van der Waals surface area (Å²) in [6.07, 6.45) is 2.02. The highest BCUT2D eigenvalue weighted by Crippen LogP contribution is 2.23. The van der Waals surface area contributed by atoms with Crippen molar-refractivity contribution >= 4 is 11.9 Å². The van der Waals surface area contributed by atoms with Gasteiger partial charge in [-0.25, -0.2) is 0 Å². The number of nitrogens with two attached hydrogens (primary N) is 1. The van der Waals surface area contributed by atoms with E-state index in [2.05, 4.69) is 16.6 Å². The number of hydrogen-bond donors (Lipinski definition) is 2. The van der Waals surface area contributed by atoms with Gasteiger partial charge in [-0.15, -0.1) is 6.58 Å². The van der Waals surface area contributed by atoms with E-state index in [1.165, 1.54) is 7.11 Å². The quantitative estimate of drug-likeness (QED) is 0.483. The topological polar surface area (TPSA) is 81.4 Å². The Morgan fingerprint density at radius 3 is 3.07 bits per heavy atom. The predicted octanol–water partition coefficient (Wildman–Crippen LogP) is -0.575. The summed E-state index contributed by atoms with van der Waals surface area (Å²) in [4.78, 5) is 22.5. The number of esters is 1. The summed E-state index contributed by atoms with van der Waals surface area (Å²) >= 11 is 0. The molecule has 15 heavy (non-hydrogen) atoms.